The number of carbonyl (C=O) groups is 2. The number of rotatable bonds is 14. The predicted molar refractivity (Wildman–Crippen MR) is 148 cm³/mol. The van der Waals surface area contributed by atoms with E-state index in [2.05, 4.69) is 25.2 Å². The standard InChI is InChI=1S/C30H49NO7/c1-19(2)22(15-21-11-12-25(35-9)27(16-21)36-14-10-13-34-8)17-24(31-29(33)38-30(5,6)7)26-18-23(20(3)4)28(32)37-26/h11-12,16,19-20,22-24,26H,10,13-15,17-18H2,1-9H3,(H,31,33)/t22-,23?,24-,26-/m1/s1. The summed E-state index contributed by atoms with van der Waals surface area (Å²) in [5.74, 6) is 1.75. The van der Waals surface area contributed by atoms with Crippen molar-refractivity contribution >= 4 is 12.1 Å². The first-order valence-electron chi connectivity index (χ1n) is 13.8. The van der Waals surface area contributed by atoms with Gasteiger partial charge in [0.2, 0.25) is 0 Å². The number of benzene rings is 1. The first-order chi connectivity index (χ1) is 17.8. The minimum absolute atomic E-state index is 0.167. The SMILES string of the molecule is COCCCOc1cc(C[C@H](C[C@@H](NC(=O)OC(C)(C)C)[C@H]2CC(C(C)C)C(=O)O2)C(C)C)ccc1OC. The number of cyclic esters (lactones) is 1. The normalized spacial score (nSPS) is 19.3. The summed E-state index contributed by atoms with van der Waals surface area (Å²) in [7, 11) is 3.31. The van der Waals surface area contributed by atoms with Crippen LogP contribution in [0.1, 0.15) is 73.3 Å². The Hall–Kier alpha value is -2.48. The van der Waals surface area contributed by atoms with Crippen molar-refractivity contribution in [1.82, 2.24) is 5.32 Å². The van der Waals surface area contributed by atoms with Crippen molar-refractivity contribution in [3.63, 3.8) is 0 Å². The van der Waals surface area contributed by atoms with Crippen LogP contribution in [0.3, 0.4) is 0 Å². The Bertz CT molecular complexity index is 893. The minimum Gasteiger partial charge on any atom is -0.493 e. The monoisotopic (exact) mass is 535 g/mol. The van der Waals surface area contributed by atoms with E-state index in [0.29, 0.717) is 43.5 Å². The smallest absolute Gasteiger partial charge is 0.408 e. The van der Waals surface area contributed by atoms with E-state index >= 15 is 0 Å². The molecule has 1 N–H and O–H groups in total. The highest BCUT2D eigenvalue weighted by Gasteiger charge is 2.42. The molecule has 1 aromatic rings. The van der Waals surface area contributed by atoms with Gasteiger partial charge in [-0.25, -0.2) is 4.79 Å². The van der Waals surface area contributed by atoms with Crippen LogP contribution in [0.25, 0.3) is 0 Å². The summed E-state index contributed by atoms with van der Waals surface area (Å²) in [6.45, 7) is 15.1. The van der Waals surface area contributed by atoms with Crippen molar-refractivity contribution in [2.45, 2.75) is 91.9 Å². The molecule has 0 aliphatic carbocycles. The topological polar surface area (TPSA) is 92.3 Å². The van der Waals surface area contributed by atoms with Crippen molar-refractivity contribution < 1.29 is 33.3 Å². The Morgan fingerprint density at radius 1 is 1.11 bits per heavy atom. The summed E-state index contributed by atoms with van der Waals surface area (Å²) >= 11 is 0. The number of amides is 1. The van der Waals surface area contributed by atoms with Crippen LogP contribution in [0.2, 0.25) is 0 Å². The van der Waals surface area contributed by atoms with Crippen molar-refractivity contribution in [2.75, 3.05) is 27.4 Å². The second-order valence-corrected chi connectivity index (χ2v) is 11.9. The molecule has 1 aliphatic rings. The third-order valence-corrected chi connectivity index (χ3v) is 6.99. The number of methoxy groups -OCH3 is 2. The number of esters is 1. The number of alkyl carbamates (subject to hydrolysis) is 1. The van der Waals surface area contributed by atoms with Crippen LogP contribution in [-0.2, 0) is 25.4 Å². The molecule has 1 amide bonds. The quantitative estimate of drug-likeness (QED) is 0.238. The summed E-state index contributed by atoms with van der Waals surface area (Å²) in [6, 6.07) is 5.66. The molecule has 4 atom stereocenters. The van der Waals surface area contributed by atoms with Gasteiger partial charge in [0.15, 0.2) is 11.5 Å². The van der Waals surface area contributed by atoms with E-state index in [4.69, 9.17) is 23.7 Å². The van der Waals surface area contributed by atoms with Crippen LogP contribution in [0.4, 0.5) is 4.79 Å². The van der Waals surface area contributed by atoms with Crippen molar-refractivity contribution in [3.05, 3.63) is 23.8 Å². The molecule has 1 aromatic carbocycles. The minimum atomic E-state index is -0.623. The van der Waals surface area contributed by atoms with Crippen molar-refractivity contribution in [1.29, 1.82) is 0 Å². The molecule has 8 nitrogen and oxygen atoms in total. The zero-order valence-electron chi connectivity index (χ0n) is 24.8. The van der Waals surface area contributed by atoms with Crippen LogP contribution in [0.5, 0.6) is 11.5 Å². The van der Waals surface area contributed by atoms with Gasteiger partial charge in [-0.1, -0.05) is 33.8 Å². The Morgan fingerprint density at radius 2 is 1.82 bits per heavy atom. The average Bonchev–Trinajstić information content (AvgIpc) is 3.21. The number of ether oxygens (including phenoxy) is 5. The second kappa shape index (κ2) is 14.6. The third kappa shape index (κ3) is 10.0. The van der Waals surface area contributed by atoms with Gasteiger partial charge in [-0.3, -0.25) is 4.79 Å². The first kappa shape index (κ1) is 31.7. The fourth-order valence-corrected chi connectivity index (χ4v) is 4.75. The molecule has 2 rings (SSSR count). The zero-order valence-corrected chi connectivity index (χ0v) is 24.8. The van der Waals surface area contributed by atoms with E-state index in [0.717, 1.165) is 18.4 Å². The molecule has 1 fully saturated rings. The zero-order chi connectivity index (χ0) is 28.5. The van der Waals surface area contributed by atoms with Crippen LogP contribution in [0, 0.1) is 23.7 Å². The summed E-state index contributed by atoms with van der Waals surface area (Å²) in [5, 5.41) is 3.04. The maximum Gasteiger partial charge on any atom is 0.408 e. The number of hydrogen-bond donors (Lipinski definition) is 1. The van der Waals surface area contributed by atoms with Gasteiger partial charge in [-0.2, -0.15) is 0 Å². The lowest BCUT2D eigenvalue weighted by molar-refractivity contribution is -0.146. The summed E-state index contributed by atoms with van der Waals surface area (Å²) < 4.78 is 28.0. The molecular formula is C30H49NO7. The second-order valence-electron chi connectivity index (χ2n) is 11.9. The third-order valence-electron chi connectivity index (χ3n) is 6.99. The maximum atomic E-state index is 12.8. The number of hydrogen-bond acceptors (Lipinski definition) is 7. The molecule has 8 heteroatoms. The van der Waals surface area contributed by atoms with Gasteiger partial charge in [-0.05, 0) is 75.5 Å². The van der Waals surface area contributed by atoms with E-state index < -0.39 is 11.7 Å². The fraction of sp³-hybridized carbons (Fsp3) is 0.733. The van der Waals surface area contributed by atoms with Crippen LogP contribution >= 0.6 is 0 Å². The largest absolute Gasteiger partial charge is 0.493 e. The lowest BCUT2D eigenvalue weighted by Gasteiger charge is -2.31. The van der Waals surface area contributed by atoms with Crippen LogP contribution < -0.4 is 14.8 Å². The van der Waals surface area contributed by atoms with E-state index in [1.165, 1.54) is 0 Å². The highest BCUT2D eigenvalue weighted by Crippen LogP contribution is 2.34. The highest BCUT2D eigenvalue weighted by molar-refractivity contribution is 5.75. The Kier molecular flexibility index (Phi) is 12.2. The highest BCUT2D eigenvalue weighted by atomic mass is 16.6. The van der Waals surface area contributed by atoms with Gasteiger partial charge < -0.3 is 29.0 Å². The molecule has 1 heterocycles. The number of nitrogens with one attached hydrogen (secondary N) is 1. The van der Waals surface area contributed by atoms with Crippen LogP contribution in [-0.4, -0.2) is 57.2 Å². The van der Waals surface area contributed by atoms with Crippen LogP contribution in [0.15, 0.2) is 18.2 Å². The molecule has 216 valence electrons. The lowest BCUT2D eigenvalue weighted by Crippen LogP contribution is -2.47. The van der Waals surface area contributed by atoms with Gasteiger partial charge in [0.1, 0.15) is 11.7 Å². The summed E-state index contributed by atoms with van der Waals surface area (Å²) in [4.78, 5) is 25.4. The molecule has 0 radical (unpaired) electrons. The molecule has 0 bridgehead atoms. The van der Waals surface area contributed by atoms with E-state index in [9.17, 15) is 9.59 Å². The van der Waals surface area contributed by atoms with Crippen molar-refractivity contribution in [2.24, 2.45) is 23.7 Å². The van der Waals surface area contributed by atoms with Gasteiger partial charge in [0, 0.05) is 20.1 Å². The van der Waals surface area contributed by atoms with Crippen molar-refractivity contribution in [3.8, 4) is 11.5 Å². The average molecular weight is 536 g/mol. The van der Waals surface area contributed by atoms with Gasteiger partial charge in [0.25, 0.3) is 0 Å². The Morgan fingerprint density at radius 3 is 2.37 bits per heavy atom. The van der Waals surface area contributed by atoms with E-state index in [1.54, 1.807) is 14.2 Å². The molecule has 0 saturated carbocycles. The molecule has 0 spiro atoms. The Labute approximate surface area is 229 Å². The molecule has 1 unspecified atom stereocenters. The fourth-order valence-electron chi connectivity index (χ4n) is 4.75. The number of carbonyl (C=O) groups excluding carboxylic acids is 2. The van der Waals surface area contributed by atoms with Gasteiger partial charge >= 0.3 is 12.1 Å². The summed E-state index contributed by atoms with van der Waals surface area (Å²) in [5.41, 5.74) is 0.493. The van der Waals surface area contributed by atoms with Gasteiger partial charge in [0.05, 0.1) is 25.7 Å². The van der Waals surface area contributed by atoms with E-state index in [-0.39, 0.29) is 35.9 Å². The molecule has 38 heavy (non-hydrogen) atoms. The maximum absolute atomic E-state index is 12.8. The first-order valence-corrected chi connectivity index (χ1v) is 13.8. The molecule has 1 saturated heterocycles. The molecular weight excluding hydrogens is 486 g/mol. The lowest BCUT2D eigenvalue weighted by atomic mass is 9.81. The summed E-state index contributed by atoms with van der Waals surface area (Å²) in [6.07, 6.45) is 1.91. The van der Waals surface area contributed by atoms with Gasteiger partial charge in [-0.15, -0.1) is 0 Å². The Balaban J connectivity index is 2.23. The predicted octanol–water partition coefficient (Wildman–Crippen LogP) is 5.80. The van der Waals surface area contributed by atoms with E-state index in [1.807, 2.05) is 46.8 Å². The molecule has 1 aliphatic heterocycles. The molecule has 0 aromatic heterocycles.